The van der Waals surface area contributed by atoms with Gasteiger partial charge in [-0.3, -0.25) is 20.0 Å². The molecule has 0 unspecified atom stereocenters. The Labute approximate surface area is 170 Å². The highest BCUT2D eigenvalue weighted by molar-refractivity contribution is 6.39. The molecule has 4 rings (SSSR count). The van der Waals surface area contributed by atoms with Gasteiger partial charge in [-0.25, -0.2) is 5.01 Å². The van der Waals surface area contributed by atoms with Gasteiger partial charge in [-0.15, -0.1) is 0 Å². The van der Waals surface area contributed by atoms with E-state index >= 15 is 0 Å². The minimum absolute atomic E-state index is 0.0613. The Morgan fingerprint density at radius 1 is 1.03 bits per heavy atom. The monoisotopic (exact) mass is 391 g/mol. The Morgan fingerprint density at radius 2 is 1.69 bits per heavy atom. The molecule has 29 heavy (non-hydrogen) atoms. The number of carbonyl (C=O) groups is 2. The summed E-state index contributed by atoms with van der Waals surface area (Å²) in [5.74, 6) is -0.403. The van der Waals surface area contributed by atoms with E-state index < -0.39 is 0 Å². The van der Waals surface area contributed by atoms with E-state index in [2.05, 4.69) is 32.8 Å². The molecule has 0 spiro atoms. The van der Waals surface area contributed by atoms with Gasteiger partial charge in [0, 0.05) is 25.3 Å². The van der Waals surface area contributed by atoms with E-state index in [0.29, 0.717) is 12.2 Å². The van der Waals surface area contributed by atoms with Gasteiger partial charge in [0.1, 0.15) is 6.54 Å². The van der Waals surface area contributed by atoms with Crippen molar-refractivity contribution in [3.8, 4) is 0 Å². The summed E-state index contributed by atoms with van der Waals surface area (Å²) in [5, 5.41) is 4.24. The van der Waals surface area contributed by atoms with Crippen LogP contribution in [-0.4, -0.2) is 37.3 Å². The van der Waals surface area contributed by atoms with E-state index in [1.54, 1.807) is 0 Å². The SMILES string of the molecule is Cc1ccc(N2NC(C(=O)NCc3ccc(N4CCCC4)cc3)=NCC2=O)cc1. The average Bonchev–Trinajstić information content (AvgIpc) is 3.28. The molecule has 2 aliphatic rings. The predicted octanol–water partition coefficient (Wildman–Crippen LogP) is 2.16. The summed E-state index contributed by atoms with van der Waals surface area (Å²) in [7, 11) is 0. The zero-order valence-electron chi connectivity index (χ0n) is 16.5. The maximum Gasteiger partial charge on any atom is 0.288 e. The topological polar surface area (TPSA) is 77.0 Å². The first-order valence-electron chi connectivity index (χ1n) is 9.93. The van der Waals surface area contributed by atoms with Gasteiger partial charge in [0.15, 0.2) is 0 Å². The molecule has 7 heteroatoms. The smallest absolute Gasteiger partial charge is 0.288 e. The van der Waals surface area contributed by atoms with E-state index in [1.165, 1.54) is 23.5 Å². The number of rotatable bonds is 5. The Morgan fingerprint density at radius 3 is 2.38 bits per heavy atom. The van der Waals surface area contributed by atoms with E-state index in [0.717, 1.165) is 24.2 Å². The average molecular weight is 391 g/mol. The van der Waals surface area contributed by atoms with Gasteiger partial charge in [-0.05, 0) is 49.6 Å². The third kappa shape index (κ3) is 4.39. The van der Waals surface area contributed by atoms with Crippen LogP contribution in [0.2, 0.25) is 0 Å². The molecule has 0 bridgehead atoms. The van der Waals surface area contributed by atoms with E-state index in [4.69, 9.17) is 0 Å². The number of nitrogens with zero attached hydrogens (tertiary/aromatic N) is 3. The van der Waals surface area contributed by atoms with Gasteiger partial charge < -0.3 is 10.2 Å². The number of hydrogen-bond donors (Lipinski definition) is 2. The van der Waals surface area contributed by atoms with Gasteiger partial charge in [0.2, 0.25) is 5.84 Å². The van der Waals surface area contributed by atoms with Crippen LogP contribution in [-0.2, 0) is 16.1 Å². The third-order valence-electron chi connectivity index (χ3n) is 5.21. The van der Waals surface area contributed by atoms with Crippen molar-refractivity contribution in [2.75, 3.05) is 29.5 Å². The number of aliphatic imine (C=N–C) groups is 1. The molecular weight excluding hydrogens is 366 g/mol. The highest BCUT2D eigenvalue weighted by Crippen LogP contribution is 2.20. The molecule has 2 heterocycles. The van der Waals surface area contributed by atoms with Crippen LogP contribution >= 0.6 is 0 Å². The molecule has 1 fully saturated rings. The quantitative estimate of drug-likeness (QED) is 0.819. The molecule has 0 aromatic heterocycles. The fourth-order valence-corrected chi connectivity index (χ4v) is 3.51. The minimum atomic E-state index is -0.335. The van der Waals surface area contributed by atoms with E-state index in [1.807, 2.05) is 43.3 Å². The van der Waals surface area contributed by atoms with Crippen molar-refractivity contribution in [2.45, 2.75) is 26.3 Å². The maximum absolute atomic E-state index is 12.5. The summed E-state index contributed by atoms with van der Waals surface area (Å²) in [4.78, 5) is 31.2. The number of nitrogens with one attached hydrogen (secondary N) is 2. The first-order chi connectivity index (χ1) is 14.1. The van der Waals surface area contributed by atoms with Crippen molar-refractivity contribution in [3.05, 3.63) is 59.7 Å². The molecule has 0 saturated carbocycles. The lowest BCUT2D eigenvalue weighted by Gasteiger charge is -2.27. The maximum atomic E-state index is 12.5. The molecule has 2 aliphatic heterocycles. The first kappa shape index (κ1) is 19.0. The Hall–Kier alpha value is -3.35. The van der Waals surface area contributed by atoms with Crippen LogP contribution in [0.1, 0.15) is 24.0 Å². The lowest BCUT2D eigenvalue weighted by Crippen LogP contribution is -2.55. The molecule has 1 saturated heterocycles. The number of benzene rings is 2. The third-order valence-corrected chi connectivity index (χ3v) is 5.21. The van der Waals surface area contributed by atoms with Gasteiger partial charge >= 0.3 is 0 Å². The second-order valence-corrected chi connectivity index (χ2v) is 7.38. The van der Waals surface area contributed by atoms with E-state index in [-0.39, 0.29) is 24.2 Å². The molecule has 0 radical (unpaired) electrons. The minimum Gasteiger partial charge on any atom is -0.372 e. The molecule has 150 valence electrons. The molecule has 2 aromatic carbocycles. The van der Waals surface area contributed by atoms with Gasteiger partial charge in [-0.1, -0.05) is 29.8 Å². The normalized spacial score (nSPS) is 16.4. The molecule has 2 amide bonds. The van der Waals surface area contributed by atoms with Gasteiger partial charge in [0.05, 0.1) is 5.69 Å². The summed E-state index contributed by atoms with van der Waals surface area (Å²) in [6.07, 6.45) is 2.49. The Bertz CT molecular complexity index is 915. The van der Waals surface area contributed by atoms with Crippen molar-refractivity contribution < 1.29 is 9.59 Å². The number of anilines is 2. The van der Waals surface area contributed by atoms with Crippen molar-refractivity contribution >= 4 is 29.0 Å². The van der Waals surface area contributed by atoms with Crippen LogP contribution in [0.4, 0.5) is 11.4 Å². The zero-order valence-corrected chi connectivity index (χ0v) is 16.5. The van der Waals surface area contributed by atoms with Gasteiger partial charge in [0.25, 0.3) is 11.8 Å². The fourth-order valence-electron chi connectivity index (χ4n) is 3.51. The standard InChI is InChI=1S/C22H25N5O2/c1-16-4-8-19(9-5-16)27-20(28)15-23-21(25-27)22(29)24-14-17-6-10-18(11-7-17)26-12-2-3-13-26/h4-11H,2-3,12-15H2,1H3,(H,23,25)(H,24,29). The second-order valence-electron chi connectivity index (χ2n) is 7.38. The van der Waals surface area contributed by atoms with Crippen molar-refractivity contribution in [3.63, 3.8) is 0 Å². The number of amidine groups is 1. The summed E-state index contributed by atoms with van der Waals surface area (Å²) in [6.45, 7) is 4.54. The van der Waals surface area contributed by atoms with Crippen LogP contribution in [0.15, 0.2) is 53.5 Å². The summed E-state index contributed by atoms with van der Waals surface area (Å²) < 4.78 is 0. The molecule has 2 N–H and O–H groups in total. The van der Waals surface area contributed by atoms with Crippen LogP contribution in [0.5, 0.6) is 0 Å². The predicted molar refractivity (Wildman–Crippen MR) is 114 cm³/mol. The molecule has 7 nitrogen and oxygen atoms in total. The first-order valence-corrected chi connectivity index (χ1v) is 9.93. The van der Waals surface area contributed by atoms with Gasteiger partial charge in [-0.2, -0.15) is 0 Å². The largest absolute Gasteiger partial charge is 0.372 e. The summed E-state index contributed by atoms with van der Waals surface area (Å²) in [5.41, 5.74) is 6.86. The fraction of sp³-hybridized carbons (Fsp3) is 0.318. The van der Waals surface area contributed by atoms with Crippen LogP contribution < -0.4 is 20.7 Å². The van der Waals surface area contributed by atoms with Crippen LogP contribution in [0.25, 0.3) is 0 Å². The van der Waals surface area contributed by atoms with Crippen molar-refractivity contribution in [2.24, 2.45) is 4.99 Å². The van der Waals surface area contributed by atoms with E-state index in [9.17, 15) is 9.59 Å². The molecule has 0 aliphatic carbocycles. The Kier molecular flexibility index (Phi) is 5.46. The van der Waals surface area contributed by atoms with Crippen LogP contribution in [0, 0.1) is 6.92 Å². The number of hydrogen-bond acceptors (Lipinski definition) is 5. The lowest BCUT2D eigenvalue weighted by atomic mass is 10.2. The van der Waals surface area contributed by atoms with Crippen molar-refractivity contribution in [1.29, 1.82) is 0 Å². The number of aryl methyl sites for hydroxylation is 1. The summed E-state index contributed by atoms with van der Waals surface area (Å²) >= 11 is 0. The zero-order chi connectivity index (χ0) is 20.2. The van der Waals surface area contributed by atoms with Crippen LogP contribution in [0.3, 0.4) is 0 Å². The van der Waals surface area contributed by atoms with Crippen molar-refractivity contribution in [1.82, 2.24) is 10.7 Å². The molecule has 0 atom stereocenters. The molecular formula is C22H25N5O2. The summed E-state index contributed by atoms with van der Waals surface area (Å²) in [6, 6.07) is 15.8. The highest BCUT2D eigenvalue weighted by atomic mass is 16.2. The highest BCUT2D eigenvalue weighted by Gasteiger charge is 2.25. The molecule has 2 aromatic rings. The Balaban J connectivity index is 1.35. The second kappa shape index (κ2) is 8.34. The number of amides is 2. The number of hydrazine groups is 1. The number of carbonyl (C=O) groups excluding carboxylic acids is 2. The lowest BCUT2D eigenvalue weighted by molar-refractivity contribution is -0.118.